The van der Waals surface area contributed by atoms with Gasteiger partial charge in [-0.15, -0.1) is 0 Å². The number of nitrogens with zero attached hydrogens (tertiary/aromatic N) is 1. The Hall–Kier alpha value is -3.62. The van der Waals surface area contributed by atoms with Crippen molar-refractivity contribution in [3.05, 3.63) is 57.6 Å². The van der Waals surface area contributed by atoms with E-state index >= 15 is 0 Å². The Bertz CT molecular complexity index is 866. The second-order valence-corrected chi connectivity index (χ2v) is 5.35. The summed E-state index contributed by atoms with van der Waals surface area (Å²) in [5.41, 5.74) is 0.598. The number of non-ortho nitro benzene ring substituents is 1. The standard InChI is InChI=1S/C17H14N2O7/c20-8-12-6-13(19(22)23)2-4-14(12)24-9-17(21)18-7-11-1-3-15-16(5-11)26-10-25-15/h1-6,8H,7,9-10H2,(H,18,21). The number of hydrogen-bond acceptors (Lipinski definition) is 7. The molecule has 9 heteroatoms. The van der Waals surface area contributed by atoms with E-state index in [0.717, 1.165) is 11.6 Å². The number of ether oxygens (including phenoxy) is 3. The lowest BCUT2D eigenvalue weighted by molar-refractivity contribution is -0.384. The minimum Gasteiger partial charge on any atom is -0.483 e. The lowest BCUT2D eigenvalue weighted by Gasteiger charge is -2.09. The van der Waals surface area contributed by atoms with Gasteiger partial charge in [-0.3, -0.25) is 19.7 Å². The average Bonchev–Trinajstić information content (AvgIpc) is 3.12. The van der Waals surface area contributed by atoms with Gasteiger partial charge in [0.25, 0.3) is 11.6 Å². The summed E-state index contributed by atoms with van der Waals surface area (Å²) in [7, 11) is 0. The lowest BCUT2D eigenvalue weighted by Crippen LogP contribution is -2.28. The van der Waals surface area contributed by atoms with Gasteiger partial charge in [0.1, 0.15) is 5.75 Å². The summed E-state index contributed by atoms with van der Waals surface area (Å²) in [6.07, 6.45) is 0.437. The zero-order chi connectivity index (χ0) is 18.5. The number of carbonyl (C=O) groups excluding carboxylic acids is 2. The van der Waals surface area contributed by atoms with Gasteiger partial charge in [0.15, 0.2) is 24.4 Å². The van der Waals surface area contributed by atoms with Crippen LogP contribution in [0.4, 0.5) is 5.69 Å². The van der Waals surface area contributed by atoms with Crippen LogP contribution in [0.2, 0.25) is 0 Å². The first-order chi connectivity index (χ1) is 12.6. The van der Waals surface area contributed by atoms with Crippen LogP contribution < -0.4 is 19.5 Å². The van der Waals surface area contributed by atoms with Gasteiger partial charge in [0, 0.05) is 18.7 Å². The fourth-order valence-corrected chi connectivity index (χ4v) is 2.32. The van der Waals surface area contributed by atoms with Crippen LogP contribution in [0.5, 0.6) is 17.2 Å². The zero-order valence-electron chi connectivity index (χ0n) is 13.5. The van der Waals surface area contributed by atoms with Crippen molar-refractivity contribution in [2.24, 2.45) is 0 Å². The van der Waals surface area contributed by atoms with Gasteiger partial charge in [0.2, 0.25) is 6.79 Å². The predicted octanol–water partition coefficient (Wildman–Crippen LogP) is 1.83. The maximum Gasteiger partial charge on any atom is 0.270 e. The summed E-state index contributed by atoms with van der Waals surface area (Å²) >= 11 is 0. The average molecular weight is 358 g/mol. The molecule has 134 valence electrons. The smallest absolute Gasteiger partial charge is 0.270 e. The second-order valence-electron chi connectivity index (χ2n) is 5.35. The third kappa shape index (κ3) is 3.89. The molecule has 1 amide bonds. The van der Waals surface area contributed by atoms with E-state index in [0.29, 0.717) is 17.8 Å². The Labute approximate surface area is 147 Å². The molecule has 0 radical (unpaired) electrons. The molecular formula is C17H14N2O7. The first-order valence-electron chi connectivity index (χ1n) is 7.58. The topological polar surface area (TPSA) is 117 Å². The van der Waals surface area contributed by atoms with Gasteiger partial charge in [-0.2, -0.15) is 0 Å². The van der Waals surface area contributed by atoms with E-state index in [9.17, 15) is 19.7 Å². The molecular weight excluding hydrogens is 344 g/mol. The van der Waals surface area contributed by atoms with Crippen molar-refractivity contribution in [1.82, 2.24) is 5.32 Å². The Morgan fingerprint density at radius 2 is 2.04 bits per heavy atom. The van der Waals surface area contributed by atoms with Crippen molar-refractivity contribution in [3.8, 4) is 17.2 Å². The monoisotopic (exact) mass is 358 g/mol. The van der Waals surface area contributed by atoms with Crippen molar-refractivity contribution < 1.29 is 28.7 Å². The van der Waals surface area contributed by atoms with Crippen molar-refractivity contribution in [2.75, 3.05) is 13.4 Å². The third-order valence-corrected chi connectivity index (χ3v) is 3.62. The van der Waals surface area contributed by atoms with Gasteiger partial charge in [-0.1, -0.05) is 6.07 Å². The van der Waals surface area contributed by atoms with Crippen molar-refractivity contribution in [3.63, 3.8) is 0 Å². The molecule has 1 heterocycles. The molecule has 0 aliphatic carbocycles. The van der Waals surface area contributed by atoms with Gasteiger partial charge in [-0.25, -0.2) is 0 Å². The van der Waals surface area contributed by atoms with Crippen LogP contribution in [0.15, 0.2) is 36.4 Å². The molecule has 2 aromatic carbocycles. The van der Waals surface area contributed by atoms with Crippen molar-refractivity contribution >= 4 is 17.9 Å². The number of benzene rings is 2. The summed E-state index contributed by atoms with van der Waals surface area (Å²) in [6.45, 7) is 0.107. The minimum atomic E-state index is -0.616. The molecule has 0 saturated carbocycles. The van der Waals surface area contributed by atoms with Crippen LogP contribution in [0, 0.1) is 10.1 Å². The Kier molecular flexibility index (Phi) is 4.97. The number of nitro benzene ring substituents is 1. The van der Waals surface area contributed by atoms with Gasteiger partial charge < -0.3 is 19.5 Å². The quantitative estimate of drug-likeness (QED) is 0.456. The number of fused-ring (bicyclic) bond motifs is 1. The number of aldehydes is 1. The highest BCUT2D eigenvalue weighted by atomic mass is 16.7. The Morgan fingerprint density at radius 1 is 1.23 bits per heavy atom. The summed E-state index contributed by atoms with van der Waals surface area (Å²) < 4.78 is 15.8. The summed E-state index contributed by atoms with van der Waals surface area (Å²) in [4.78, 5) is 33.0. The molecule has 0 bridgehead atoms. The molecule has 9 nitrogen and oxygen atoms in total. The largest absolute Gasteiger partial charge is 0.483 e. The molecule has 0 fully saturated rings. The normalized spacial score (nSPS) is 11.7. The van der Waals surface area contributed by atoms with Crippen LogP contribution in [-0.2, 0) is 11.3 Å². The molecule has 2 aromatic rings. The van der Waals surface area contributed by atoms with E-state index in [1.165, 1.54) is 12.1 Å². The summed E-state index contributed by atoms with van der Waals surface area (Å²) in [5, 5.41) is 13.4. The van der Waals surface area contributed by atoms with Crippen LogP contribution in [0.3, 0.4) is 0 Å². The number of rotatable bonds is 7. The highest BCUT2D eigenvalue weighted by molar-refractivity contribution is 5.82. The van der Waals surface area contributed by atoms with Gasteiger partial charge >= 0.3 is 0 Å². The van der Waals surface area contributed by atoms with E-state index < -0.39 is 10.8 Å². The molecule has 0 atom stereocenters. The zero-order valence-corrected chi connectivity index (χ0v) is 13.5. The van der Waals surface area contributed by atoms with Crippen LogP contribution in [-0.4, -0.2) is 30.5 Å². The highest BCUT2D eigenvalue weighted by Gasteiger charge is 2.14. The summed E-state index contributed by atoms with van der Waals surface area (Å²) in [6, 6.07) is 8.90. The number of nitrogens with one attached hydrogen (secondary N) is 1. The fraction of sp³-hybridized carbons (Fsp3) is 0.176. The van der Waals surface area contributed by atoms with E-state index in [4.69, 9.17) is 14.2 Å². The lowest BCUT2D eigenvalue weighted by atomic mass is 10.2. The minimum absolute atomic E-state index is 0.00257. The van der Waals surface area contributed by atoms with E-state index in [1.807, 2.05) is 0 Å². The van der Waals surface area contributed by atoms with Gasteiger partial charge in [-0.05, 0) is 23.8 Å². The van der Waals surface area contributed by atoms with Gasteiger partial charge in [0.05, 0.1) is 10.5 Å². The summed E-state index contributed by atoms with van der Waals surface area (Å²) in [5.74, 6) is 0.971. The Morgan fingerprint density at radius 3 is 2.81 bits per heavy atom. The molecule has 1 N–H and O–H groups in total. The van der Waals surface area contributed by atoms with Crippen molar-refractivity contribution in [2.45, 2.75) is 6.54 Å². The molecule has 3 rings (SSSR count). The maximum atomic E-state index is 11.9. The maximum absolute atomic E-state index is 11.9. The molecule has 0 unspecified atom stereocenters. The number of nitro groups is 1. The van der Waals surface area contributed by atoms with E-state index in [-0.39, 0.29) is 36.9 Å². The molecule has 1 aliphatic rings. The first-order valence-corrected chi connectivity index (χ1v) is 7.58. The van der Waals surface area contributed by atoms with Crippen LogP contribution in [0.1, 0.15) is 15.9 Å². The van der Waals surface area contributed by atoms with E-state index in [2.05, 4.69) is 5.32 Å². The SMILES string of the molecule is O=Cc1cc([N+](=O)[O-])ccc1OCC(=O)NCc1ccc2c(c1)OCO2. The van der Waals surface area contributed by atoms with Crippen LogP contribution >= 0.6 is 0 Å². The van der Waals surface area contributed by atoms with Crippen molar-refractivity contribution in [1.29, 1.82) is 0 Å². The molecule has 0 spiro atoms. The molecule has 0 saturated heterocycles. The highest BCUT2D eigenvalue weighted by Crippen LogP contribution is 2.32. The van der Waals surface area contributed by atoms with Crippen LogP contribution in [0.25, 0.3) is 0 Å². The number of amides is 1. The molecule has 0 aromatic heterocycles. The fourth-order valence-electron chi connectivity index (χ4n) is 2.32. The first kappa shape index (κ1) is 17.2. The number of carbonyl (C=O) groups is 2. The third-order valence-electron chi connectivity index (χ3n) is 3.62. The Balaban J connectivity index is 1.54. The van der Waals surface area contributed by atoms with E-state index in [1.54, 1.807) is 18.2 Å². The number of hydrogen-bond donors (Lipinski definition) is 1. The predicted molar refractivity (Wildman–Crippen MR) is 88.4 cm³/mol. The second kappa shape index (κ2) is 7.51. The molecule has 26 heavy (non-hydrogen) atoms. The molecule has 1 aliphatic heterocycles.